The van der Waals surface area contributed by atoms with Crippen LogP contribution >= 0.6 is 0 Å². The van der Waals surface area contributed by atoms with E-state index in [-0.39, 0.29) is 17.2 Å². The van der Waals surface area contributed by atoms with Crippen molar-refractivity contribution >= 4 is 5.97 Å². The minimum Gasteiger partial charge on any atom is -0.497 e. The molecule has 1 aliphatic heterocycles. The van der Waals surface area contributed by atoms with Gasteiger partial charge >= 0.3 is 12.1 Å². The molecular formula is C19H17F3O5. The molecule has 3 rings (SSSR count). The third kappa shape index (κ3) is 3.27. The molecule has 0 aliphatic carbocycles. The molecule has 2 aromatic rings. The number of carbonyl (C=O) groups is 1. The van der Waals surface area contributed by atoms with E-state index in [0.29, 0.717) is 22.6 Å². The van der Waals surface area contributed by atoms with E-state index in [1.165, 1.54) is 26.4 Å². The molecule has 0 saturated carbocycles. The zero-order valence-electron chi connectivity index (χ0n) is 15.1. The lowest BCUT2D eigenvalue weighted by atomic mass is 9.75. The summed E-state index contributed by atoms with van der Waals surface area (Å²) < 4.78 is 59.0. The molecule has 0 aromatic heterocycles. The van der Waals surface area contributed by atoms with Crippen LogP contribution in [-0.2, 0) is 10.2 Å². The van der Waals surface area contributed by atoms with Crippen LogP contribution < -0.4 is 18.9 Å². The lowest BCUT2D eigenvalue weighted by molar-refractivity contribution is -0.189. The van der Waals surface area contributed by atoms with Crippen LogP contribution in [0.25, 0.3) is 0 Å². The van der Waals surface area contributed by atoms with Crippen molar-refractivity contribution in [3.8, 4) is 28.7 Å². The van der Waals surface area contributed by atoms with Crippen LogP contribution in [0.15, 0.2) is 30.3 Å². The Kier molecular flexibility index (Phi) is 4.45. The number of esters is 1. The number of benzene rings is 2. The quantitative estimate of drug-likeness (QED) is 0.574. The normalized spacial score (nSPS) is 14.5. The Morgan fingerprint density at radius 3 is 2.22 bits per heavy atom. The summed E-state index contributed by atoms with van der Waals surface area (Å²) in [5, 5.41) is 0. The summed E-state index contributed by atoms with van der Waals surface area (Å²) >= 11 is 0. The molecule has 0 N–H and O–H groups in total. The highest BCUT2D eigenvalue weighted by atomic mass is 19.4. The molecule has 27 heavy (non-hydrogen) atoms. The van der Waals surface area contributed by atoms with Crippen LogP contribution in [-0.4, -0.2) is 26.4 Å². The number of methoxy groups -OCH3 is 2. The maximum atomic E-state index is 12.7. The third-order valence-electron chi connectivity index (χ3n) is 4.42. The van der Waals surface area contributed by atoms with Crippen molar-refractivity contribution in [3.05, 3.63) is 41.5 Å². The van der Waals surface area contributed by atoms with Crippen molar-refractivity contribution < 1.29 is 36.9 Å². The molecule has 0 saturated heterocycles. The smallest absolute Gasteiger partial charge is 0.491 e. The van der Waals surface area contributed by atoms with Gasteiger partial charge in [0.1, 0.15) is 28.7 Å². The van der Waals surface area contributed by atoms with Crippen molar-refractivity contribution in [1.29, 1.82) is 0 Å². The maximum Gasteiger partial charge on any atom is 0.491 e. The number of carbonyl (C=O) groups excluding carboxylic acids is 1. The summed E-state index contributed by atoms with van der Waals surface area (Å²) in [6.07, 6.45) is -5.12. The first-order valence-electron chi connectivity index (χ1n) is 7.96. The average Bonchev–Trinajstić information content (AvgIpc) is 2.59. The summed E-state index contributed by atoms with van der Waals surface area (Å²) in [5.74, 6) is -1.08. The SMILES string of the molecule is COc1ccc2c(c1)Oc1cc(OC)cc(OC(=O)C(F)(F)F)c1C2(C)C. The largest absolute Gasteiger partial charge is 0.497 e. The molecule has 0 fully saturated rings. The van der Waals surface area contributed by atoms with Crippen molar-refractivity contribution in [1.82, 2.24) is 0 Å². The van der Waals surface area contributed by atoms with E-state index in [2.05, 4.69) is 4.74 Å². The maximum absolute atomic E-state index is 12.7. The fourth-order valence-electron chi connectivity index (χ4n) is 3.10. The highest BCUT2D eigenvalue weighted by Crippen LogP contribution is 2.53. The Balaban J connectivity index is 2.17. The second-order valence-corrected chi connectivity index (χ2v) is 6.48. The first-order chi connectivity index (χ1) is 12.6. The lowest BCUT2D eigenvalue weighted by Crippen LogP contribution is -2.31. The molecule has 0 amide bonds. The molecule has 8 heteroatoms. The van der Waals surface area contributed by atoms with Crippen LogP contribution in [0.1, 0.15) is 25.0 Å². The number of hydrogen-bond donors (Lipinski definition) is 0. The van der Waals surface area contributed by atoms with Gasteiger partial charge in [-0.15, -0.1) is 0 Å². The zero-order valence-corrected chi connectivity index (χ0v) is 15.1. The standard InChI is InChI=1S/C19H17F3O5/c1-18(2)12-6-5-10(24-3)7-13(12)26-14-8-11(25-4)9-15(16(14)18)27-17(23)19(20,21)22/h5-9H,1-4H3. The van der Waals surface area contributed by atoms with Crippen LogP contribution in [0.2, 0.25) is 0 Å². The van der Waals surface area contributed by atoms with Gasteiger partial charge in [0, 0.05) is 34.7 Å². The van der Waals surface area contributed by atoms with E-state index in [1.54, 1.807) is 32.0 Å². The van der Waals surface area contributed by atoms with Crippen LogP contribution in [0.4, 0.5) is 13.2 Å². The number of alkyl halides is 3. The van der Waals surface area contributed by atoms with Crippen molar-refractivity contribution in [2.24, 2.45) is 0 Å². The molecular weight excluding hydrogens is 365 g/mol. The highest BCUT2D eigenvalue weighted by molar-refractivity contribution is 5.79. The number of rotatable bonds is 3. The minimum absolute atomic E-state index is 0.195. The van der Waals surface area contributed by atoms with E-state index >= 15 is 0 Å². The van der Waals surface area contributed by atoms with Gasteiger partial charge < -0.3 is 18.9 Å². The Hall–Kier alpha value is -2.90. The van der Waals surface area contributed by atoms with Gasteiger partial charge in [0.25, 0.3) is 0 Å². The number of ether oxygens (including phenoxy) is 4. The summed E-state index contributed by atoms with van der Waals surface area (Å²) in [6.45, 7) is 3.61. The van der Waals surface area contributed by atoms with E-state index in [9.17, 15) is 18.0 Å². The first-order valence-corrected chi connectivity index (χ1v) is 7.96. The van der Waals surface area contributed by atoms with E-state index in [1.807, 2.05) is 0 Å². The summed E-state index contributed by atoms with van der Waals surface area (Å²) in [5.41, 5.74) is 0.228. The topological polar surface area (TPSA) is 54.0 Å². The van der Waals surface area contributed by atoms with Gasteiger partial charge in [0.15, 0.2) is 0 Å². The second-order valence-electron chi connectivity index (χ2n) is 6.48. The molecule has 1 aliphatic rings. The highest BCUT2D eigenvalue weighted by Gasteiger charge is 2.44. The van der Waals surface area contributed by atoms with Gasteiger partial charge in [0.05, 0.1) is 14.2 Å². The van der Waals surface area contributed by atoms with Crippen LogP contribution in [0.3, 0.4) is 0 Å². The fourth-order valence-corrected chi connectivity index (χ4v) is 3.10. The summed E-state index contributed by atoms with van der Waals surface area (Å²) in [7, 11) is 2.86. The van der Waals surface area contributed by atoms with Gasteiger partial charge in [-0.05, 0) is 6.07 Å². The molecule has 0 bridgehead atoms. The van der Waals surface area contributed by atoms with Crippen molar-refractivity contribution in [2.75, 3.05) is 14.2 Å². The number of fused-ring (bicyclic) bond motifs is 2. The molecule has 0 radical (unpaired) electrons. The van der Waals surface area contributed by atoms with E-state index in [4.69, 9.17) is 14.2 Å². The van der Waals surface area contributed by atoms with Gasteiger partial charge in [0.2, 0.25) is 0 Å². The summed E-state index contributed by atoms with van der Waals surface area (Å²) in [6, 6.07) is 7.93. The minimum atomic E-state index is -5.12. The second kappa shape index (κ2) is 6.37. The molecule has 5 nitrogen and oxygen atoms in total. The summed E-state index contributed by atoms with van der Waals surface area (Å²) in [4.78, 5) is 11.4. The average molecular weight is 382 g/mol. The van der Waals surface area contributed by atoms with Crippen LogP contribution in [0.5, 0.6) is 28.7 Å². The monoisotopic (exact) mass is 382 g/mol. The lowest BCUT2D eigenvalue weighted by Gasteiger charge is -2.35. The van der Waals surface area contributed by atoms with E-state index < -0.39 is 17.6 Å². The number of hydrogen-bond acceptors (Lipinski definition) is 5. The Labute approximate surface area is 153 Å². The Morgan fingerprint density at radius 2 is 1.63 bits per heavy atom. The zero-order chi connectivity index (χ0) is 20.0. The first kappa shape index (κ1) is 18.9. The van der Waals surface area contributed by atoms with Gasteiger partial charge in [-0.1, -0.05) is 19.9 Å². The molecule has 2 aromatic carbocycles. The van der Waals surface area contributed by atoms with Gasteiger partial charge in [-0.25, -0.2) is 4.79 Å². The van der Waals surface area contributed by atoms with E-state index in [0.717, 1.165) is 0 Å². The Morgan fingerprint density at radius 1 is 1.00 bits per heavy atom. The third-order valence-corrected chi connectivity index (χ3v) is 4.42. The van der Waals surface area contributed by atoms with Gasteiger partial charge in [-0.3, -0.25) is 0 Å². The predicted molar refractivity (Wildman–Crippen MR) is 89.9 cm³/mol. The van der Waals surface area contributed by atoms with Crippen LogP contribution in [0, 0.1) is 0 Å². The Bertz CT molecular complexity index is 903. The molecule has 0 unspecified atom stereocenters. The van der Waals surface area contributed by atoms with Crippen molar-refractivity contribution in [3.63, 3.8) is 0 Å². The fraction of sp³-hybridized carbons (Fsp3) is 0.316. The predicted octanol–water partition coefficient (Wildman–Crippen LogP) is 4.60. The number of halogens is 3. The van der Waals surface area contributed by atoms with Gasteiger partial charge in [-0.2, -0.15) is 13.2 Å². The molecule has 144 valence electrons. The van der Waals surface area contributed by atoms with Crippen molar-refractivity contribution in [2.45, 2.75) is 25.4 Å². The molecule has 1 heterocycles. The molecule has 0 spiro atoms. The molecule has 0 atom stereocenters.